The highest BCUT2D eigenvalue weighted by Crippen LogP contribution is 2.30. The van der Waals surface area contributed by atoms with Crippen molar-refractivity contribution in [3.63, 3.8) is 0 Å². The second-order valence-corrected chi connectivity index (χ2v) is 6.19. The van der Waals surface area contributed by atoms with Gasteiger partial charge in [-0.05, 0) is 50.4 Å². The lowest BCUT2D eigenvalue weighted by Gasteiger charge is -2.38. The first-order valence-electron chi connectivity index (χ1n) is 7.09. The molecule has 0 saturated heterocycles. The minimum absolute atomic E-state index is 0.0532. The summed E-state index contributed by atoms with van der Waals surface area (Å²) in [5.74, 6) is 1.69. The molecule has 0 aliphatic heterocycles. The molecule has 0 aromatic carbocycles. The largest absolute Gasteiger partial charge is 0.393 e. The highest BCUT2D eigenvalue weighted by atomic mass is 16.3. The summed E-state index contributed by atoms with van der Waals surface area (Å²) in [6.45, 7) is 4.75. The summed E-state index contributed by atoms with van der Waals surface area (Å²) in [4.78, 5) is 0. The predicted octanol–water partition coefficient (Wildman–Crippen LogP) is 2.70. The molecule has 0 spiro atoms. The number of rotatable bonds is 2. The summed E-state index contributed by atoms with van der Waals surface area (Å²) in [6, 6.07) is 1.26. The summed E-state index contributed by atoms with van der Waals surface area (Å²) < 4.78 is 0. The molecule has 2 N–H and O–H groups in total. The van der Waals surface area contributed by atoms with Crippen LogP contribution in [0.4, 0.5) is 0 Å². The zero-order valence-corrected chi connectivity index (χ0v) is 10.8. The molecule has 0 aromatic rings. The van der Waals surface area contributed by atoms with Crippen molar-refractivity contribution in [2.24, 2.45) is 11.8 Å². The zero-order chi connectivity index (χ0) is 11.5. The lowest BCUT2D eigenvalue weighted by Crippen LogP contribution is -2.47. The Balaban J connectivity index is 1.82. The Morgan fingerprint density at radius 2 is 1.81 bits per heavy atom. The number of aliphatic hydroxyl groups is 1. The molecule has 0 heterocycles. The van der Waals surface area contributed by atoms with Gasteiger partial charge < -0.3 is 10.4 Å². The van der Waals surface area contributed by atoms with Crippen molar-refractivity contribution < 1.29 is 5.11 Å². The highest BCUT2D eigenvalue weighted by molar-refractivity contribution is 4.86. The third kappa shape index (κ3) is 3.21. The summed E-state index contributed by atoms with van der Waals surface area (Å²) in [5, 5.41) is 13.5. The van der Waals surface area contributed by atoms with E-state index in [1.165, 1.54) is 32.1 Å². The van der Waals surface area contributed by atoms with E-state index in [4.69, 9.17) is 0 Å². The first-order chi connectivity index (χ1) is 7.65. The SMILES string of the molecule is CC1CCC(C)C(NC2CCCC(O)C2)C1. The van der Waals surface area contributed by atoms with E-state index in [0.29, 0.717) is 12.1 Å². The Bertz CT molecular complexity index is 219. The molecule has 5 unspecified atom stereocenters. The van der Waals surface area contributed by atoms with Crippen molar-refractivity contribution in [2.75, 3.05) is 0 Å². The molecule has 2 saturated carbocycles. The predicted molar refractivity (Wildman–Crippen MR) is 67.4 cm³/mol. The molecule has 0 amide bonds. The fourth-order valence-electron chi connectivity index (χ4n) is 3.38. The van der Waals surface area contributed by atoms with Gasteiger partial charge in [0.15, 0.2) is 0 Å². The third-order valence-corrected chi connectivity index (χ3v) is 4.55. The van der Waals surface area contributed by atoms with Crippen LogP contribution in [0.15, 0.2) is 0 Å². The average molecular weight is 225 g/mol. The normalized spacial score (nSPS) is 45.6. The van der Waals surface area contributed by atoms with Crippen molar-refractivity contribution >= 4 is 0 Å². The molecule has 0 bridgehead atoms. The van der Waals surface area contributed by atoms with Crippen LogP contribution < -0.4 is 5.32 Å². The van der Waals surface area contributed by atoms with Crippen LogP contribution >= 0.6 is 0 Å². The van der Waals surface area contributed by atoms with Crippen LogP contribution in [0.1, 0.15) is 58.8 Å². The molecule has 2 nitrogen and oxygen atoms in total. The van der Waals surface area contributed by atoms with E-state index in [1.54, 1.807) is 0 Å². The standard InChI is InChI=1S/C14H27NO/c1-10-6-7-11(2)14(8-10)15-12-4-3-5-13(16)9-12/h10-16H,3-9H2,1-2H3. The van der Waals surface area contributed by atoms with Gasteiger partial charge in [0.25, 0.3) is 0 Å². The minimum atomic E-state index is -0.0532. The van der Waals surface area contributed by atoms with Gasteiger partial charge in [-0.1, -0.05) is 20.3 Å². The quantitative estimate of drug-likeness (QED) is 0.757. The molecule has 0 aromatic heterocycles. The summed E-state index contributed by atoms with van der Waals surface area (Å²) in [7, 11) is 0. The Kier molecular flexibility index (Phi) is 4.26. The van der Waals surface area contributed by atoms with Gasteiger partial charge in [0.1, 0.15) is 0 Å². The Hall–Kier alpha value is -0.0800. The maximum Gasteiger partial charge on any atom is 0.0555 e. The molecular formula is C14H27NO. The van der Waals surface area contributed by atoms with Crippen molar-refractivity contribution in [3.05, 3.63) is 0 Å². The van der Waals surface area contributed by atoms with Crippen LogP contribution in [0.5, 0.6) is 0 Å². The van der Waals surface area contributed by atoms with Crippen LogP contribution in [0.3, 0.4) is 0 Å². The monoisotopic (exact) mass is 225 g/mol. The highest BCUT2D eigenvalue weighted by Gasteiger charge is 2.29. The number of hydrogen-bond donors (Lipinski definition) is 2. The molecule has 5 atom stereocenters. The lowest BCUT2D eigenvalue weighted by molar-refractivity contribution is 0.0991. The molecule has 2 rings (SSSR count). The van der Waals surface area contributed by atoms with Crippen LogP contribution in [-0.2, 0) is 0 Å². The zero-order valence-electron chi connectivity index (χ0n) is 10.8. The molecule has 0 radical (unpaired) electrons. The number of nitrogens with one attached hydrogen (secondary N) is 1. The maximum atomic E-state index is 9.69. The second-order valence-electron chi connectivity index (χ2n) is 6.19. The van der Waals surface area contributed by atoms with Crippen molar-refractivity contribution in [1.82, 2.24) is 5.32 Å². The molecule has 2 aliphatic rings. The van der Waals surface area contributed by atoms with Gasteiger partial charge >= 0.3 is 0 Å². The second kappa shape index (κ2) is 5.50. The van der Waals surface area contributed by atoms with E-state index in [0.717, 1.165) is 24.7 Å². The van der Waals surface area contributed by atoms with Gasteiger partial charge in [-0.15, -0.1) is 0 Å². The van der Waals surface area contributed by atoms with Crippen molar-refractivity contribution in [2.45, 2.75) is 77.0 Å². The van der Waals surface area contributed by atoms with E-state index in [1.807, 2.05) is 0 Å². The molecule has 2 aliphatic carbocycles. The van der Waals surface area contributed by atoms with E-state index < -0.39 is 0 Å². The Morgan fingerprint density at radius 1 is 1.00 bits per heavy atom. The summed E-state index contributed by atoms with van der Waals surface area (Å²) in [6.07, 6.45) is 8.47. The van der Waals surface area contributed by atoms with Gasteiger partial charge in [0.05, 0.1) is 6.10 Å². The van der Waals surface area contributed by atoms with Gasteiger partial charge in [-0.3, -0.25) is 0 Å². The van der Waals surface area contributed by atoms with Gasteiger partial charge in [0, 0.05) is 12.1 Å². The van der Waals surface area contributed by atoms with E-state index in [2.05, 4.69) is 19.2 Å². The Morgan fingerprint density at radius 3 is 2.56 bits per heavy atom. The van der Waals surface area contributed by atoms with E-state index in [9.17, 15) is 5.11 Å². The summed E-state index contributed by atoms with van der Waals surface area (Å²) in [5.41, 5.74) is 0. The first kappa shape index (κ1) is 12.4. The third-order valence-electron chi connectivity index (χ3n) is 4.55. The molecule has 2 fully saturated rings. The van der Waals surface area contributed by atoms with E-state index in [-0.39, 0.29) is 6.10 Å². The van der Waals surface area contributed by atoms with Crippen LogP contribution in [0, 0.1) is 11.8 Å². The lowest BCUT2D eigenvalue weighted by atomic mass is 9.79. The van der Waals surface area contributed by atoms with Gasteiger partial charge in [-0.25, -0.2) is 0 Å². The van der Waals surface area contributed by atoms with Crippen LogP contribution in [-0.4, -0.2) is 23.3 Å². The number of hydrogen-bond acceptors (Lipinski definition) is 2. The fourth-order valence-corrected chi connectivity index (χ4v) is 3.38. The first-order valence-corrected chi connectivity index (χ1v) is 7.09. The summed E-state index contributed by atoms with van der Waals surface area (Å²) >= 11 is 0. The van der Waals surface area contributed by atoms with Crippen LogP contribution in [0.25, 0.3) is 0 Å². The Labute approximate surface area is 99.8 Å². The average Bonchev–Trinajstić information content (AvgIpc) is 2.24. The van der Waals surface area contributed by atoms with Gasteiger partial charge in [0.2, 0.25) is 0 Å². The molecule has 2 heteroatoms. The number of aliphatic hydroxyl groups excluding tert-OH is 1. The topological polar surface area (TPSA) is 32.3 Å². The van der Waals surface area contributed by atoms with Gasteiger partial charge in [-0.2, -0.15) is 0 Å². The molecule has 94 valence electrons. The smallest absolute Gasteiger partial charge is 0.0555 e. The van der Waals surface area contributed by atoms with Crippen molar-refractivity contribution in [1.29, 1.82) is 0 Å². The van der Waals surface area contributed by atoms with Crippen LogP contribution in [0.2, 0.25) is 0 Å². The fraction of sp³-hybridized carbons (Fsp3) is 1.00. The minimum Gasteiger partial charge on any atom is -0.393 e. The van der Waals surface area contributed by atoms with Crippen molar-refractivity contribution in [3.8, 4) is 0 Å². The maximum absolute atomic E-state index is 9.69. The molecular weight excluding hydrogens is 198 g/mol. The molecule has 16 heavy (non-hydrogen) atoms. The van der Waals surface area contributed by atoms with E-state index >= 15 is 0 Å².